The lowest BCUT2D eigenvalue weighted by Gasteiger charge is -2.21. The summed E-state index contributed by atoms with van der Waals surface area (Å²) in [5, 5.41) is 0. The zero-order valence-electron chi connectivity index (χ0n) is 9.39. The Morgan fingerprint density at radius 3 is 2.40 bits per heavy atom. The highest BCUT2D eigenvalue weighted by molar-refractivity contribution is 9.10. The van der Waals surface area contributed by atoms with E-state index < -0.39 is 0 Å². The first kappa shape index (κ1) is 12.2. The molecule has 1 aromatic heterocycles. The zero-order chi connectivity index (χ0) is 11.8. The first-order valence-electron chi connectivity index (χ1n) is 4.71. The number of carbonyl (C=O) groups excluding carboxylic acids is 1. The smallest absolute Gasteiger partial charge is 0.180 e. The molecule has 1 heterocycles. The number of pyridine rings is 1. The molecule has 0 bridgehead atoms. The maximum atomic E-state index is 11.2. The summed E-state index contributed by atoms with van der Waals surface area (Å²) in [5.74, 6) is -0.117. The second kappa shape index (κ2) is 3.93. The number of nitrogen functional groups attached to an aromatic ring is 1. The van der Waals surface area contributed by atoms with Crippen LogP contribution in [0.25, 0.3) is 0 Å². The van der Waals surface area contributed by atoms with Crippen molar-refractivity contribution in [3.63, 3.8) is 0 Å². The molecular formula is C11H15BrN2O. The third-order valence-corrected chi connectivity index (χ3v) is 2.75. The second-order valence-corrected chi connectivity index (χ2v) is 5.32. The maximum absolute atomic E-state index is 11.2. The fourth-order valence-corrected chi connectivity index (χ4v) is 2.20. The number of anilines is 1. The van der Waals surface area contributed by atoms with Crippen LogP contribution >= 0.6 is 15.9 Å². The highest BCUT2D eigenvalue weighted by Gasteiger charge is 2.20. The lowest BCUT2D eigenvalue weighted by molar-refractivity contribution is 0.101. The second-order valence-electron chi connectivity index (χ2n) is 4.57. The Bertz CT molecular complexity index is 408. The number of rotatable bonds is 1. The van der Waals surface area contributed by atoms with Gasteiger partial charge in [0.15, 0.2) is 5.78 Å². The minimum absolute atomic E-state index is 0.0464. The van der Waals surface area contributed by atoms with Gasteiger partial charge in [-0.3, -0.25) is 4.79 Å². The molecule has 0 aliphatic carbocycles. The van der Waals surface area contributed by atoms with Gasteiger partial charge < -0.3 is 5.73 Å². The largest absolute Gasteiger partial charge is 0.397 e. The average molecular weight is 271 g/mol. The van der Waals surface area contributed by atoms with Gasteiger partial charge in [0.2, 0.25) is 0 Å². The van der Waals surface area contributed by atoms with Gasteiger partial charge in [0.05, 0.1) is 5.69 Å². The monoisotopic (exact) mass is 270 g/mol. The van der Waals surface area contributed by atoms with Crippen molar-refractivity contribution in [1.82, 2.24) is 4.98 Å². The quantitative estimate of drug-likeness (QED) is 0.631. The van der Waals surface area contributed by atoms with E-state index >= 15 is 0 Å². The lowest BCUT2D eigenvalue weighted by Crippen LogP contribution is -2.15. The Morgan fingerprint density at radius 2 is 2.00 bits per heavy atom. The van der Waals surface area contributed by atoms with Gasteiger partial charge in [-0.2, -0.15) is 0 Å². The van der Waals surface area contributed by atoms with Gasteiger partial charge in [-0.25, -0.2) is 4.98 Å². The zero-order valence-corrected chi connectivity index (χ0v) is 11.0. The van der Waals surface area contributed by atoms with Gasteiger partial charge in [-0.15, -0.1) is 0 Å². The van der Waals surface area contributed by atoms with Crippen LogP contribution in [0.2, 0.25) is 0 Å². The van der Waals surface area contributed by atoms with Crippen molar-refractivity contribution in [3.05, 3.63) is 21.9 Å². The van der Waals surface area contributed by atoms with Crippen LogP contribution in [0.4, 0.5) is 5.69 Å². The number of aromatic nitrogens is 1. The molecule has 1 aromatic rings. The number of ketones is 1. The average Bonchev–Trinajstić information content (AvgIpc) is 2.06. The number of Topliss-reactive ketones (excluding diaryl/α,β-unsaturated/α-hetero) is 1. The molecule has 4 heteroatoms. The summed E-state index contributed by atoms with van der Waals surface area (Å²) >= 11 is 3.37. The number of nitrogens with two attached hydrogens (primary N) is 1. The van der Waals surface area contributed by atoms with Crippen molar-refractivity contribution in [1.29, 1.82) is 0 Å². The van der Waals surface area contributed by atoms with Crippen LogP contribution in [0.15, 0.2) is 10.7 Å². The molecule has 0 aliphatic rings. The molecule has 0 radical (unpaired) electrons. The highest BCUT2D eigenvalue weighted by atomic mass is 79.9. The lowest BCUT2D eigenvalue weighted by atomic mass is 9.88. The molecule has 0 spiro atoms. The minimum Gasteiger partial charge on any atom is -0.397 e. The standard InChI is InChI=1S/C11H15BrN2O/c1-6(15)9-8(13)5-7(10(12)14-9)11(2,3)4/h5H,13H2,1-4H3. The van der Waals surface area contributed by atoms with Crippen LogP contribution < -0.4 is 5.73 Å². The summed E-state index contributed by atoms with van der Waals surface area (Å²) in [4.78, 5) is 15.4. The van der Waals surface area contributed by atoms with Crippen molar-refractivity contribution in [3.8, 4) is 0 Å². The van der Waals surface area contributed by atoms with Gasteiger partial charge in [-0.05, 0) is 33.0 Å². The van der Waals surface area contributed by atoms with E-state index in [-0.39, 0.29) is 11.2 Å². The predicted octanol–water partition coefficient (Wildman–Crippen LogP) is 2.93. The van der Waals surface area contributed by atoms with E-state index in [1.807, 2.05) is 6.07 Å². The number of carbonyl (C=O) groups is 1. The number of nitrogens with zero attached hydrogens (tertiary/aromatic N) is 1. The first-order chi connectivity index (χ1) is 6.73. The number of hydrogen-bond acceptors (Lipinski definition) is 3. The Kier molecular flexibility index (Phi) is 3.19. The fraction of sp³-hybridized carbons (Fsp3) is 0.455. The summed E-state index contributed by atoms with van der Waals surface area (Å²) in [6.45, 7) is 7.67. The summed E-state index contributed by atoms with van der Waals surface area (Å²) in [5.41, 5.74) is 7.51. The molecule has 0 saturated heterocycles. The third-order valence-electron chi connectivity index (χ3n) is 2.15. The summed E-state index contributed by atoms with van der Waals surface area (Å²) in [7, 11) is 0. The van der Waals surface area contributed by atoms with Crippen molar-refractivity contribution in [2.75, 3.05) is 5.73 Å². The van der Waals surface area contributed by atoms with Crippen LogP contribution in [-0.4, -0.2) is 10.8 Å². The summed E-state index contributed by atoms with van der Waals surface area (Å²) < 4.78 is 0.689. The van der Waals surface area contributed by atoms with Gasteiger partial charge in [0.25, 0.3) is 0 Å². The number of halogens is 1. The molecule has 0 atom stereocenters. The highest BCUT2D eigenvalue weighted by Crippen LogP contribution is 2.31. The summed E-state index contributed by atoms with van der Waals surface area (Å²) in [6.07, 6.45) is 0. The van der Waals surface area contributed by atoms with E-state index in [0.29, 0.717) is 16.0 Å². The topological polar surface area (TPSA) is 56.0 Å². The van der Waals surface area contributed by atoms with E-state index in [1.165, 1.54) is 6.92 Å². The molecule has 82 valence electrons. The Hall–Kier alpha value is -0.900. The SMILES string of the molecule is CC(=O)c1nc(Br)c(C(C)(C)C)cc1N. The van der Waals surface area contributed by atoms with Crippen molar-refractivity contribution >= 4 is 27.4 Å². The van der Waals surface area contributed by atoms with Gasteiger partial charge in [0.1, 0.15) is 10.3 Å². The van der Waals surface area contributed by atoms with E-state index in [0.717, 1.165) is 5.56 Å². The van der Waals surface area contributed by atoms with Crippen LogP contribution in [0.5, 0.6) is 0 Å². The van der Waals surface area contributed by atoms with Gasteiger partial charge >= 0.3 is 0 Å². The van der Waals surface area contributed by atoms with Crippen LogP contribution in [-0.2, 0) is 5.41 Å². The van der Waals surface area contributed by atoms with E-state index in [9.17, 15) is 4.79 Å². The molecule has 0 unspecified atom stereocenters. The maximum Gasteiger partial charge on any atom is 0.180 e. The van der Waals surface area contributed by atoms with Crippen LogP contribution in [0.3, 0.4) is 0 Å². The molecular weight excluding hydrogens is 256 g/mol. The van der Waals surface area contributed by atoms with E-state index in [4.69, 9.17) is 5.73 Å². The minimum atomic E-state index is -0.117. The van der Waals surface area contributed by atoms with Gasteiger partial charge in [0, 0.05) is 6.92 Å². The third kappa shape index (κ3) is 2.56. The van der Waals surface area contributed by atoms with Crippen LogP contribution in [0, 0.1) is 0 Å². The van der Waals surface area contributed by atoms with E-state index in [2.05, 4.69) is 41.7 Å². The Balaban J connectivity index is 3.39. The van der Waals surface area contributed by atoms with Crippen molar-refractivity contribution < 1.29 is 4.79 Å². The Morgan fingerprint density at radius 1 is 1.47 bits per heavy atom. The molecule has 0 saturated carbocycles. The van der Waals surface area contributed by atoms with Crippen LogP contribution in [0.1, 0.15) is 43.7 Å². The Labute approximate surface area is 98.2 Å². The van der Waals surface area contributed by atoms with Gasteiger partial charge in [-0.1, -0.05) is 20.8 Å². The molecule has 3 nitrogen and oxygen atoms in total. The number of hydrogen-bond donors (Lipinski definition) is 1. The predicted molar refractivity (Wildman–Crippen MR) is 65.1 cm³/mol. The van der Waals surface area contributed by atoms with E-state index in [1.54, 1.807) is 0 Å². The summed E-state index contributed by atoms with van der Waals surface area (Å²) in [6, 6.07) is 1.81. The molecule has 15 heavy (non-hydrogen) atoms. The molecule has 1 rings (SSSR count). The molecule has 0 fully saturated rings. The first-order valence-corrected chi connectivity index (χ1v) is 5.50. The molecule has 2 N–H and O–H groups in total. The van der Waals surface area contributed by atoms with Crippen molar-refractivity contribution in [2.45, 2.75) is 33.1 Å². The normalized spacial score (nSPS) is 11.5. The fourth-order valence-electron chi connectivity index (χ4n) is 1.31. The molecule has 0 aliphatic heterocycles. The molecule has 0 amide bonds. The molecule has 0 aromatic carbocycles. The van der Waals surface area contributed by atoms with Crippen molar-refractivity contribution in [2.24, 2.45) is 0 Å².